The summed E-state index contributed by atoms with van der Waals surface area (Å²) in [6.45, 7) is 5.61. The molecule has 0 radical (unpaired) electrons. The summed E-state index contributed by atoms with van der Waals surface area (Å²) >= 11 is 0. The average Bonchev–Trinajstić information content (AvgIpc) is 3.35. The van der Waals surface area contributed by atoms with E-state index in [0.29, 0.717) is 11.3 Å². The lowest BCUT2D eigenvalue weighted by atomic mass is 9.97. The van der Waals surface area contributed by atoms with E-state index in [2.05, 4.69) is 9.55 Å². The number of fused-ring (bicyclic) bond motifs is 6. The largest absolute Gasteiger partial charge is 0.444 e. The second kappa shape index (κ2) is 8.97. The molecule has 40 heavy (non-hydrogen) atoms. The number of aromatic nitrogens is 3. The zero-order chi connectivity index (χ0) is 28.6. The van der Waals surface area contributed by atoms with Gasteiger partial charge in [-0.3, -0.25) is 19.2 Å². The summed E-state index contributed by atoms with van der Waals surface area (Å²) in [6, 6.07) is 11.1. The van der Waals surface area contributed by atoms with Crippen LogP contribution in [-0.4, -0.2) is 36.8 Å². The number of hydrogen-bond acceptors (Lipinski definition) is 4. The maximum atomic E-state index is 13.1. The predicted molar refractivity (Wildman–Crippen MR) is 144 cm³/mol. The van der Waals surface area contributed by atoms with Crippen LogP contribution in [0.4, 0.5) is 18.0 Å². The summed E-state index contributed by atoms with van der Waals surface area (Å²) in [5.74, 6) is 0. The number of carbonyl (C=O) groups excluding carboxylic acids is 1. The monoisotopic (exact) mass is 550 g/mol. The van der Waals surface area contributed by atoms with Gasteiger partial charge in [0, 0.05) is 60.2 Å². The minimum Gasteiger partial charge on any atom is -0.444 e. The Labute approximate surface area is 228 Å². The highest BCUT2D eigenvalue weighted by atomic mass is 19.4. The van der Waals surface area contributed by atoms with Crippen molar-refractivity contribution < 1.29 is 22.7 Å². The molecule has 4 aromatic rings. The number of amides is 1. The molecule has 208 valence electrons. The van der Waals surface area contributed by atoms with Crippen molar-refractivity contribution in [2.75, 3.05) is 0 Å². The molecular weight excluding hydrogens is 521 g/mol. The van der Waals surface area contributed by atoms with E-state index in [1.807, 2.05) is 50.9 Å². The molecule has 3 aromatic heterocycles. The van der Waals surface area contributed by atoms with Crippen LogP contribution in [0.25, 0.3) is 27.8 Å². The molecule has 0 aliphatic carbocycles. The fourth-order valence-electron chi connectivity index (χ4n) is 6.04. The maximum Gasteiger partial charge on any atom is 0.417 e. The number of pyridine rings is 2. The molecule has 0 saturated carbocycles. The molecule has 1 saturated heterocycles. The zero-order valence-corrected chi connectivity index (χ0v) is 22.6. The fourth-order valence-corrected chi connectivity index (χ4v) is 6.04. The van der Waals surface area contributed by atoms with Gasteiger partial charge in [-0.1, -0.05) is 6.07 Å². The van der Waals surface area contributed by atoms with Crippen molar-refractivity contribution in [2.45, 2.75) is 63.9 Å². The smallest absolute Gasteiger partial charge is 0.417 e. The van der Waals surface area contributed by atoms with Crippen molar-refractivity contribution in [1.82, 2.24) is 19.0 Å². The molecule has 2 aliphatic heterocycles. The van der Waals surface area contributed by atoms with Crippen LogP contribution >= 0.6 is 0 Å². The molecule has 1 fully saturated rings. The molecule has 0 spiro atoms. The topological polar surface area (TPSA) is 69.4 Å². The number of benzene rings is 1. The van der Waals surface area contributed by atoms with Gasteiger partial charge in [-0.25, -0.2) is 4.79 Å². The Morgan fingerprint density at radius 1 is 1.05 bits per heavy atom. The highest BCUT2D eigenvalue weighted by Crippen LogP contribution is 2.48. The summed E-state index contributed by atoms with van der Waals surface area (Å²) in [4.78, 5) is 32.0. The Kier molecular flexibility index (Phi) is 5.87. The number of rotatable bonds is 2. The maximum absolute atomic E-state index is 13.1. The Hall–Kier alpha value is -4.08. The lowest BCUT2D eigenvalue weighted by Gasteiger charge is -2.36. The van der Waals surface area contributed by atoms with Gasteiger partial charge in [0.15, 0.2) is 0 Å². The summed E-state index contributed by atoms with van der Waals surface area (Å²) in [7, 11) is 2.01. The standard InChI is InChI=1S/C30H29F3N4O3/c1-29(2,3)40-28(39)37-20-7-10-23(37)27-21-8-6-19(14-24(21)35(4)25(27)15-20)36-12-11-17(13-26(36)38)22-9-5-18(16-34-22)30(31,32)33/h5-6,8-9,11-14,16,20,23H,7,10,15H2,1-4H3. The molecular formula is C30H29F3N4O3. The Morgan fingerprint density at radius 3 is 2.48 bits per heavy atom. The SMILES string of the molecule is Cn1c2c(c3ccc(-n4ccc(-c5ccc(C(F)(F)F)cn5)cc4=O)cc31)C1CCC(C2)N1C(=O)OC(C)(C)C. The Bertz CT molecular complexity index is 1700. The van der Waals surface area contributed by atoms with Crippen molar-refractivity contribution in [3.63, 3.8) is 0 Å². The van der Waals surface area contributed by atoms with Gasteiger partial charge >= 0.3 is 12.3 Å². The van der Waals surface area contributed by atoms with Gasteiger partial charge in [0.25, 0.3) is 5.56 Å². The highest BCUT2D eigenvalue weighted by molar-refractivity contribution is 5.89. The molecule has 0 N–H and O–H groups in total. The van der Waals surface area contributed by atoms with E-state index in [-0.39, 0.29) is 29.4 Å². The first-order valence-electron chi connectivity index (χ1n) is 13.2. The average molecular weight is 551 g/mol. The lowest BCUT2D eigenvalue weighted by molar-refractivity contribution is -0.137. The Morgan fingerprint density at radius 2 is 1.82 bits per heavy atom. The quantitative estimate of drug-likeness (QED) is 0.289. The van der Waals surface area contributed by atoms with Gasteiger partial charge in [-0.2, -0.15) is 13.2 Å². The van der Waals surface area contributed by atoms with Crippen LogP contribution in [0.1, 0.15) is 56.5 Å². The van der Waals surface area contributed by atoms with Gasteiger partial charge in [0.1, 0.15) is 5.60 Å². The van der Waals surface area contributed by atoms with Crippen LogP contribution in [0, 0.1) is 0 Å². The van der Waals surface area contributed by atoms with Crippen LogP contribution < -0.4 is 5.56 Å². The van der Waals surface area contributed by atoms with Crippen molar-refractivity contribution in [2.24, 2.45) is 7.05 Å². The van der Waals surface area contributed by atoms with Gasteiger partial charge in [-0.05, 0) is 63.9 Å². The van der Waals surface area contributed by atoms with Crippen molar-refractivity contribution in [1.29, 1.82) is 0 Å². The van der Waals surface area contributed by atoms with Crippen LogP contribution in [0.15, 0.2) is 59.7 Å². The summed E-state index contributed by atoms with van der Waals surface area (Å²) in [6.07, 6.45) is 0.145. The third kappa shape index (κ3) is 4.35. The number of ether oxygens (including phenoxy) is 1. The molecule has 2 atom stereocenters. The van der Waals surface area contributed by atoms with Crippen LogP contribution in [0.3, 0.4) is 0 Å². The minimum atomic E-state index is -4.47. The predicted octanol–water partition coefficient (Wildman–Crippen LogP) is 6.41. The van der Waals surface area contributed by atoms with Gasteiger partial charge in [0.05, 0.1) is 28.5 Å². The number of carbonyl (C=O) groups is 1. The number of halogens is 3. The number of alkyl halides is 3. The molecule has 6 rings (SSSR count). The molecule has 2 bridgehead atoms. The van der Waals surface area contributed by atoms with E-state index >= 15 is 0 Å². The Balaban J connectivity index is 1.34. The van der Waals surface area contributed by atoms with Crippen molar-refractivity contribution >= 4 is 17.0 Å². The van der Waals surface area contributed by atoms with Crippen molar-refractivity contribution in [3.8, 4) is 16.9 Å². The fraction of sp³-hybridized carbons (Fsp3) is 0.367. The third-order valence-electron chi connectivity index (χ3n) is 7.80. The van der Waals surface area contributed by atoms with E-state index in [1.54, 1.807) is 12.3 Å². The summed E-state index contributed by atoms with van der Waals surface area (Å²) in [5, 5.41) is 1.04. The van der Waals surface area contributed by atoms with E-state index in [9.17, 15) is 22.8 Å². The van der Waals surface area contributed by atoms with Crippen molar-refractivity contribution in [3.05, 3.63) is 82.0 Å². The van der Waals surface area contributed by atoms with Crippen LogP contribution in [0.2, 0.25) is 0 Å². The van der Waals surface area contributed by atoms with Gasteiger partial charge < -0.3 is 9.30 Å². The third-order valence-corrected chi connectivity index (χ3v) is 7.80. The first kappa shape index (κ1) is 26.2. The molecule has 5 heterocycles. The first-order valence-corrected chi connectivity index (χ1v) is 13.2. The highest BCUT2D eigenvalue weighted by Gasteiger charge is 2.46. The molecule has 7 nitrogen and oxygen atoms in total. The van der Waals surface area contributed by atoms with Crippen LogP contribution in [0.5, 0.6) is 0 Å². The van der Waals surface area contributed by atoms with E-state index in [0.717, 1.165) is 48.0 Å². The number of hydrogen-bond donors (Lipinski definition) is 0. The number of nitrogens with zero attached hydrogens (tertiary/aromatic N) is 4. The van der Waals surface area contributed by atoms with E-state index in [4.69, 9.17) is 4.74 Å². The second-order valence-corrected chi connectivity index (χ2v) is 11.5. The van der Waals surface area contributed by atoms with Crippen LogP contribution in [-0.2, 0) is 24.4 Å². The lowest BCUT2D eigenvalue weighted by Crippen LogP contribution is -2.44. The van der Waals surface area contributed by atoms with Gasteiger partial charge in [0.2, 0.25) is 0 Å². The molecule has 2 aliphatic rings. The summed E-state index contributed by atoms with van der Waals surface area (Å²) in [5.41, 5.74) is 2.93. The second-order valence-electron chi connectivity index (χ2n) is 11.5. The first-order chi connectivity index (χ1) is 18.8. The number of aryl methyl sites for hydroxylation is 1. The summed E-state index contributed by atoms with van der Waals surface area (Å²) < 4.78 is 48.0. The zero-order valence-electron chi connectivity index (χ0n) is 22.6. The molecule has 1 amide bonds. The molecule has 2 unspecified atom stereocenters. The van der Waals surface area contributed by atoms with E-state index < -0.39 is 17.3 Å². The molecule has 10 heteroatoms. The van der Waals surface area contributed by atoms with E-state index in [1.165, 1.54) is 22.4 Å². The normalized spacial score (nSPS) is 18.7. The minimum absolute atomic E-state index is 0.0589. The van der Waals surface area contributed by atoms with Gasteiger partial charge in [-0.15, -0.1) is 0 Å². The molecule has 1 aromatic carbocycles.